The summed E-state index contributed by atoms with van der Waals surface area (Å²) in [6, 6.07) is 22.8. The number of rotatable bonds is 23. The maximum absolute atomic E-state index is 13.1. The van der Waals surface area contributed by atoms with Gasteiger partial charge in [0.25, 0.3) is 0 Å². The average molecular weight is 625 g/mol. The quantitative estimate of drug-likeness (QED) is 0.0770. The van der Waals surface area contributed by atoms with E-state index in [2.05, 4.69) is 29.0 Å². The summed E-state index contributed by atoms with van der Waals surface area (Å²) in [6.07, 6.45) is 23.9. The maximum atomic E-state index is 13.1. The molecule has 4 rings (SSSR count). The molecule has 5 heteroatoms. The van der Waals surface area contributed by atoms with Crippen molar-refractivity contribution >= 4 is 0 Å². The summed E-state index contributed by atoms with van der Waals surface area (Å²) < 4.78 is 25.0. The molecule has 1 heterocycles. The molecule has 0 saturated heterocycles. The van der Waals surface area contributed by atoms with Gasteiger partial charge in [-0.3, -0.25) is 0 Å². The number of aromatic nitrogens is 2. The normalized spacial score (nSPS) is 11.1. The predicted octanol–water partition coefficient (Wildman–Crippen LogP) is 11.8. The molecule has 0 amide bonds. The summed E-state index contributed by atoms with van der Waals surface area (Å²) in [5.74, 6) is 2.36. The Labute approximate surface area is 276 Å². The number of nitrogens with zero attached hydrogens (tertiary/aromatic N) is 2. The van der Waals surface area contributed by atoms with Crippen LogP contribution in [-0.4, -0.2) is 23.2 Å². The number of hydrogen-bond donors (Lipinski definition) is 0. The van der Waals surface area contributed by atoms with Crippen LogP contribution < -0.4 is 9.47 Å². The van der Waals surface area contributed by atoms with E-state index in [0.717, 1.165) is 66.5 Å². The second-order valence-electron chi connectivity index (χ2n) is 12.4. The molecule has 0 bridgehead atoms. The first kappa shape index (κ1) is 35.1. The third-order valence-corrected chi connectivity index (χ3v) is 8.49. The van der Waals surface area contributed by atoms with E-state index in [9.17, 15) is 4.39 Å². The molecule has 0 radical (unpaired) electrons. The Balaban J connectivity index is 0.959. The van der Waals surface area contributed by atoms with Crippen molar-refractivity contribution in [2.24, 2.45) is 0 Å². The van der Waals surface area contributed by atoms with Crippen LogP contribution in [0.2, 0.25) is 0 Å². The Morgan fingerprint density at radius 1 is 0.478 bits per heavy atom. The van der Waals surface area contributed by atoms with Crippen LogP contribution in [0.4, 0.5) is 4.39 Å². The van der Waals surface area contributed by atoms with Crippen molar-refractivity contribution < 1.29 is 13.9 Å². The molecule has 3 aromatic carbocycles. The monoisotopic (exact) mass is 624 g/mol. The zero-order valence-electron chi connectivity index (χ0n) is 27.9. The number of hydrogen-bond acceptors (Lipinski definition) is 4. The highest BCUT2D eigenvalue weighted by Gasteiger charge is 2.04. The van der Waals surface area contributed by atoms with E-state index in [1.807, 2.05) is 48.8 Å². The summed E-state index contributed by atoms with van der Waals surface area (Å²) >= 11 is 0. The van der Waals surface area contributed by atoms with Crippen LogP contribution in [0.1, 0.15) is 109 Å². The average Bonchev–Trinajstić information content (AvgIpc) is 3.09. The molecule has 0 aliphatic heterocycles. The lowest BCUT2D eigenvalue weighted by atomic mass is 10.1. The SMILES string of the molecule is CCCCCCCCc1cnc(-c2ccc(OCCCCCCCCCCCOc3ccc(-c4ccc(F)cc4)cc3)cc2)nc1. The van der Waals surface area contributed by atoms with Crippen LogP contribution in [0.5, 0.6) is 11.5 Å². The van der Waals surface area contributed by atoms with Crippen molar-refractivity contribution in [2.45, 2.75) is 110 Å². The van der Waals surface area contributed by atoms with E-state index in [1.165, 1.54) is 101 Å². The lowest BCUT2D eigenvalue weighted by molar-refractivity contribution is 0.302. The van der Waals surface area contributed by atoms with E-state index in [1.54, 1.807) is 12.1 Å². The van der Waals surface area contributed by atoms with E-state index >= 15 is 0 Å². The molecule has 0 fully saturated rings. The van der Waals surface area contributed by atoms with Crippen molar-refractivity contribution in [3.05, 3.63) is 96.6 Å². The van der Waals surface area contributed by atoms with E-state index in [4.69, 9.17) is 9.47 Å². The van der Waals surface area contributed by atoms with Gasteiger partial charge in [0.05, 0.1) is 13.2 Å². The molecule has 46 heavy (non-hydrogen) atoms. The zero-order valence-corrected chi connectivity index (χ0v) is 27.9. The molecule has 0 aliphatic carbocycles. The second kappa shape index (κ2) is 21.1. The Bertz CT molecular complexity index is 1340. The summed E-state index contributed by atoms with van der Waals surface area (Å²) in [5.41, 5.74) is 4.33. The van der Waals surface area contributed by atoms with Crippen molar-refractivity contribution in [1.29, 1.82) is 0 Å². The first-order chi connectivity index (χ1) is 22.7. The van der Waals surface area contributed by atoms with Crippen molar-refractivity contribution in [2.75, 3.05) is 13.2 Å². The highest BCUT2D eigenvalue weighted by Crippen LogP contribution is 2.23. The molecule has 4 nitrogen and oxygen atoms in total. The molecule has 0 aliphatic rings. The zero-order chi connectivity index (χ0) is 32.1. The third-order valence-electron chi connectivity index (χ3n) is 8.49. The molecule has 0 unspecified atom stereocenters. The fourth-order valence-electron chi connectivity index (χ4n) is 5.65. The van der Waals surface area contributed by atoms with Crippen molar-refractivity contribution in [1.82, 2.24) is 9.97 Å². The minimum atomic E-state index is -0.213. The molecule has 1 aromatic heterocycles. The van der Waals surface area contributed by atoms with Gasteiger partial charge in [0.15, 0.2) is 5.82 Å². The number of benzene rings is 3. The molecule has 246 valence electrons. The van der Waals surface area contributed by atoms with Crippen LogP contribution in [0.3, 0.4) is 0 Å². The smallest absolute Gasteiger partial charge is 0.159 e. The minimum absolute atomic E-state index is 0.213. The second-order valence-corrected chi connectivity index (χ2v) is 12.4. The number of ether oxygens (including phenoxy) is 2. The number of halogens is 1. The fourth-order valence-corrected chi connectivity index (χ4v) is 5.65. The van der Waals surface area contributed by atoms with Gasteiger partial charge < -0.3 is 9.47 Å². The standard InChI is InChI=1S/C41H53FN2O2/c1-2-3-4-5-11-14-17-34-32-43-41(44-33-34)37-22-28-40(29-23-37)46-31-16-13-10-8-6-7-9-12-15-30-45-39-26-20-36(21-27-39)35-18-24-38(42)25-19-35/h18-29,32-33H,2-17,30-31H2,1H3. The molecular weight excluding hydrogens is 571 g/mol. The lowest BCUT2D eigenvalue weighted by Crippen LogP contribution is -1.98. The molecule has 0 atom stereocenters. The molecule has 4 aromatic rings. The van der Waals surface area contributed by atoms with Gasteiger partial charge in [-0.15, -0.1) is 0 Å². The molecule has 0 N–H and O–H groups in total. The predicted molar refractivity (Wildman–Crippen MR) is 189 cm³/mol. The van der Waals surface area contributed by atoms with E-state index in [-0.39, 0.29) is 5.82 Å². The van der Waals surface area contributed by atoms with Gasteiger partial charge in [-0.2, -0.15) is 0 Å². The Morgan fingerprint density at radius 2 is 0.891 bits per heavy atom. The van der Waals surface area contributed by atoms with Crippen LogP contribution in [-0.2, 0) is 6.42 Å². The Hall–Kier alpha value is -3.73. The topological polar surface area (TPSA) is 44.2 Å². The summed E-state index contributed by atoms with van der Waals surface area (Å²) in [6.45, 7) is 3.77. The Morgan fingerprint density at radius 3 is 1.39 bits per heavy atom. The van der Waals surface area contributed by atoms with Gasteiger partial charge in [-0.05, 0) is 90.9 Å². The molecule has 0 spiro atoms. The minimum Gasteiger partial charge on any atom is -0.494 e. The first-order valence-corrected chi connectivity index (χ1v) is 17.7. The maximum Gasteiger partial charge on any atom is 0.159 e. The van der Waals surface area contributed by atoms with Gasteiger partial charge in [-0.1, -0.05) is 108 Å². The van der Waals surface area contributed by atoms with Crippen LogP contribution >= 0.6 is 0 Å². The van der Waals surface area contributed by atoms with E-state index in [0.29, 0.717) is 0 Å². The number of aryl methyl sites for hydroxylation is 1. The highest BCUT2D eigenvalue weighted by molar-refractivity contribution is 5.64. The van der Waals surface area contributed by atoms with Gasteiger partial charge in [0.2, 0.25) is 0 Å². The van der Waals surface area contributed by atoms with E-state index < -0.39 is 0 Å². The summed E-state index contributed by atoms with van der Waals surface area (Å²) in [4.78, 5) is 9.20. The lowest BCUT2D eigenvalue weighted by Gasteiger charge is -2.08. The fraction of sp³-hybridized carbons (Fsp3) is 0.463. The van der Waals surface area contributed by atoms with Crippen LogP contribution in [0.15, 0.2) is 85.2 Å². The van der Waals surface area contributed by atoms with Crippen molar-refractivity contribution in [3.63, 3.8) is 0 Å². The van der Waals surface area contributed by atoms with Crippen LogP contribution in [0.25, 0.3) is 22.5 Å². The largest absolute Gasteiger partial charge is 0.494 e. The number of unbranched alkanes of at least 4 members (excludes halogenated alkanes) is 13. The van der Waals surface area contributed by atoms with Gasteiger partial charge in [-0.25, -0.2) is 14.4 Å². The van der Waals surface area contributed by atoms with Crippen molar-refractivity contribution in [3.8, 4) is 34.0 Å². The third kappa shape index (κ3) is 13.3. The molecule has 0 saturated carbocycles. The summed E-state index contributed by atoms with van der Waals surface area (Å²) in [7, 11) is 0. The van der Waals surface area contributed by atoms with Gasteiger partial charge >= 0.3 is 0 Å². The first-order valence-electron chi connectivity index (χ1n) is 17.7. The summed E-state index contributed by atoms with van der Waals surface area (Å²) in [5, 5.41) is 0. The molecular formula is C41H53FN2O2. The van der Waals surface area contributed by atoms with Gasteiger partial charge in [0.1, 0.15) is 17.3 Å². The van der Waals surface area contributed by atoms with Gasteiger partial charge in [0, 0.05) is 18.0 Å². The van der Waals surface area contributed by atoms with Crippen LogP contribution in [0, 0.1) is 5.82 Å². The Kier molecular flexibility index (Phi) is 16.1. The highest BCUT2D eigenvalue weighted by atomic mass is 19.1.